The predicted octanol–water partition coefficient (Wildman–Crippen LogP) is 1.01. The van der Waals surface area contributed by atoms with Gasteiger partial charge < -0.3 is 4.57 Å². The van der Waals surface area contributed by atoms with E-state index in [-0.39, 0.29) is 0 Å². The Labute approximate surface area is 36.2 Å². The molecule has 1 aliphatic carbocycles. The average molecular weight is 79.1 g/mol. The van der Waals surface area contributed by atoms with Gasteiger partial charge in [0.25, 0.3) is 0 Å². The molecule has 0 aromatic carbocycles. The van der Waals surface area contributed by atoms with Crippen molar-refractivity contribution in [1.82, 2.24) is 4.57 Å². The number of nitrogens with zero attached hydrogens (tertiary/aromatic N) is 1. The van der Waals surface area contributed by atoms with Crippen LogP contribution in [0.15, 0.2) is 12.1 Å². The maximum atomic E-state index is 2.17. The first-order valence-electron chi connectivity index (χ1n) is 2.06. The fraction of sp³-hybridized carbons (Fsp3) is 0.200. The van der Waals surface area contributed by atoms with Crippen LogP contribution in [-0.4, -0.2) is 4.57 Å². The standard InChI is InChI=1S/C5H5N/c1-6-4-2-3-5(4)6/h2-3H,1H3. The largest absolute Gasteiger partial charge is 0.341 e. The summed E-state index contributed by atoms with van der Waals surface area (Å²) in [7, 11) is 2.07. The zero-order valence-corrected chi connectivity index (χ0v) is 3.60. The van der Waals surface area contributed by atoms with Crippen molar-refractivity contribution < 1.29 is 0 Å². The molecule has 0 bridgehead atoms. The van der Waals surface area contributed by atoms with Gasteiger partial charge >= 0.3 is 0 Å². The van der Waals surface area contributed by atoms with Crippen molar-refractivity contribution in [2.75, 3.05) is 0 Å². The van der Waals surface area contributed by atoms with Crippen LogP contribution in [0.4, 0.5) is 0 Å². The van der Waals surface area contributed by atoms with E-state index in [2.05, 4.69) is 23.7 Å². The second kappa shape index (κ2) is 0.436. The summed E-state index contributed by atoms with van der Waals surface area (Å²) in [6.07, 6.45) is 0. The van der Waals surface area contributed by atoms with Crippen molar-refractivity contribution >= 4 is 0 Å². The molecule has 0 N–H and O–H groups in total. The summed E-state index contributed by atoms with van der Waals surface area (Å²) in [5, 5.41) is 0. The molecule has 0 spiro atoms. The summed E-state index contributed by atoms with van der Waals surface area (Å²) >= 11 is 0. The van der Waals surface area contributed by atoms with E-state index in [1.807, 2.05) is 0 Å². The molecule has 1 nitrogen and oxygen atoms in total. The molecule has 0 atom stereocenters. The van der Waals surface area contributed by atoms with E-state index < -0.39 is 0 Å². The lowest BCUT2D eigenvalue weighted by molar-refractivity contribution is 1.08. The Kier molecular flexibility index (Phi) is 0.178. The molecule has 30 valence electrons. The van der Waals surface area contributed by atoms with Crippen LogP contribution in [0.5, 0.6) is 0 Å². The van der Waals surface area contributed by atoms with Crippen LogP contribution in [0, 0.1) is 0 Å². The van der Waals surface area contributed by atoms with E-state index in [1.165, 1.54) is 11.4 Å². The Morgan fingerprint density at radius 1 is 1.33 bits per heavy atom. The molecule has 0 aromatic heterocycles. The quantitative estimate of drug-likeness (QED) is 0.444. The van der Waals surface area contributed by atoms with Gasteiger partial charge in [0.15, 0.2) is 0 Å². The molecule has 1 aliphatic heterocycles. The van der Waals surface area contributed by atoms with Crippen LogP contribution in [0.25, 0.3) is 11.4 Å². The summed E-state index contributed by atoms with van der Waals surface area (Å²) in [5.74, 6) is 0. The highest BCUT2D eigenvalue weighted by atomic mass is 15.1. The molecule has 0 saturated carbocycles. The Morgan fingerprint density at radius 2 is 1.83 bits per heavy atom. The van der Waals surface area contributed by atoms with Gasteiger partial charge in [0.1, 0.15) is 0 Å². The van der Waals surface area contributed by atoms with Crippen LogP contribution >= 0.6 is 0 Å². The average Bonchev–Trinajstić information content (AvgIpc) is 1.63. The number of hydrogen-bond donors (Lipinski definition) is 0. The SMILES string of the molecule is Cn1c2ccc1-2. The van der Waals surface area contributed by atoms with Gasteiger partial charge in [-0.1, -0.05) is 0 Å². The summed E-state index contributed by atoms with van der Waals surface area (Å²) in [4.78, 5) is 0. The first kappa shape index (κ1) is 2.45. The number of hydrogen-bond acceptors (Lipinski definition) is 0. The topological polar surface area (TPSA) is 4.93 Å². The maximum Gasteiger partial charge on any atom is 0.0650 e. The van der Waals surface area contributed by atoms with Crippen LogP contribution in [0.2, 0.25) is 0 Å². The molecule has 0 amide bonds. The summed E-state index contributed by atoms with van der Waals surface area (Å²) in [6.45, 7) is 0. The molecule has 0 saturated heterocycles. The monoisotopic (exact) mass is 79.0 g/mol. The van der Waals surface area contributed by atoms with Gasteiger partial charge in [-0.25, -0.2) is 0 Å². The van der Waals surface area contributed by atoms with E-state index in [0.29, 0.717) is 0 Å². The minimum absolute atomic E-state index is 1.43. The minimum atomic E-state index is 1.43. The van der Waals surface area contributed by atoms with Crippen molar-refractivity contribution in [3.05, 3.63) is 12.1 Å². The van der Waals surface area contributed by atoms with Crippen molar-refractivity contribution in [2.45, 2.75) is 0 Å². The Morgan fingerprint density at radius 3 is 1.83 bits per heavy atom. The van der Waals surface area contributed by atoms with Crippen molar-refractivity contribution in [1.29, 1.82) is 0 Å². The number of aryl methyl sites for hydroxylation is 1. The Balaban J connectivity index is 2.86. The third kappa shape index (κ3) is 0.0836. The first-order valence-corrected chi connectivity index (χ1v) is 2.06. The third-order valence-corrected chi connectivity index (χ3v) is 1.33. The predicted molar refractivity (Wildman–Crippen MR) is 24.4 cm³/mol. The molecule has 0 aromatic rings. The van der Waals surface area contributed by atoms with Crippen LogP contribution < -0.4 is 0 Å². The third-order valence-electron chi connectivity index (χ3n) is 1.33. The van der Waals surface area contributed by atoms with E-state index in [9.17, 15) is 0 Å². The molecule has 0 radical (unpaired) electrons. The van der Waals surface area contributed by atoms with Gasteiger partial charge in [0.05, 0.1) is 11.4 Å². The highest BCUT2D eigenvalue weighted by Crippen LogP contribution is 2.35. The van der Waals surface area contributed by atoms with Crippen LogP contribution in [0.1, 0.15) is 0 Å². The number of aromatic nitrogens is 1. The highest BCUT2D eigenvalue weighted by molar-refractivity contribution is 5.74. The van der Waals surface area contributed by atoms with E-state index in [0.717, 1.165) is 0 Å². The maximum absolute atomic E-state index is 2.17. The smallest absolute Gasteiger partial charge is 0.0650 e. The van der Waals surface area contributed by atoms with Gasteiger partial charge in [-0.05, 0) is 12.1 Å². The van der Waals surface area contributed by atoms with Gasteiger partial charge in [-0.15, -0.1) is 0 Å². The lowest BCUT2D eigenvalue weighted by atomic mass is 10.3. The molecule has 1 heterocycles. The van der Waals surface area contributed by atoms with Crippen LogP contribution in [0.3, 0.4) is 0 Å². The number of fused-ring (bicyclic) bond motifs is 1. The molecule has 0 fully saturated rings. The second-order valence-electron chi connectivity index (χ2n) is 1.66. The van der Waals surface area contributed by atoms with E-state index in [1.54, 1.807) is 0 Å². The fourth-order valence-corrected chi connectivity index (χ4v) is 0.737. The van der Waals surface area contributed by atoms with Gasteiger partial charge in [0, 0.05) is 7.05 Å². The van der Waals surface area contributed by atoms with Crippen molar-refractivity contribution in [3.63, 3.8) is 0 Å². The zero-order chi connectivity index (χ0) is 4.15. The molecule has 6 heavy (non-hydrogen) atoms. The zero-order valence-electron chi connectivity index (χ0n) is 3.60. The lowest BCUT2D eigenvalue weighted by Gasteiger charge is -1.71. The molecule has 2 aliphatic rings. The normalized spacial score (nSPS) is 12.2. The second-order valence-corrected chi connectivity index (χ2v) is 1.66. The highest BCUT2D eigenvalue weighted by Gasteiger charge is 2.19. The van der Waals surface area contributed by atoms with Gasteiger partial charge in [-0.3, -0.25) is 0 Å². The fourth-order valence-electron chi connectivity index (χ4n) is 0.737. The molecular weight excluding hydrogens is 74.1 g/mol. The van der Waals surface area contributed by atoms with Gasteiger partial charge in [-0.2, -0.15) is 0 Å². The van der Waals surface area contributed by atoms with Crippen LogP contribution in [-0.2, 0) is 7.05 Å². The molecule has 1 heteroatoms. The number of rotatable bonds is 0. The minimum Gasteiger partial charge on any atom is -0.341 e. The summed E-state index contributed by atoms with van der Waals surface area (Å²) in [6, 6.07) is 4.24. The lowest BCUT2D eigenvalue weighted by Crippen LogP contribution is -1.55. The van der Waals surface area contributed by atoms with Gasteiger partial charge in [0.2, 0.25) is 0 Å². The van der Waals surface area contributed by atoms with E-state index >= 15 is 0 Å². The van der Waals surface area contributed by atoms with Crippen molar-refractivity contribution in [3.8, 4) is 11.4 Å². The van der Waals surface area contributed by atoms with E-state index in [4.69, 9.17) is 0 Å². The molecule has 2 rings (SSSR count). The summed E-state index contributed by atoms with van der Waals surface area (Å²) < 4.78 is 2.17. The molecular formula is C5H5N. The Hall–Kier alpha value is -0.720. The van der Waals surface area contributed by atoms with Crippen molar-refractivity contribution in [2.24, 2.45) is 7.05 Å². The first-order chi connectivity index (χ1) is 2.89. The Bertz CT molecular complexity index is 166. The molecule has 0 unspecified atom stereocenters. The summed E-state index contributed by atoms with van der Waals surface area (Å²) in [5.41, 5.74) is 2.85.